The van der Waals surface area contributed by atoms with E-state index in [4.69, 9.17) is 0 Å². The highest BCUT2D eigenvalue weighted by Crippen LogP contribution is 2.18. The van der Waals surface area contributed by atoms with Crippen molar-refractivity contribution >= 4 is 17.2 Å². The van der Waals surface area contributed by atoms with Gasteiger partial charge in [0.2, 0.25) is 0 Å². The summed E-state index contributed by atoms with van der Waals surface area (Å²) in [6, 6.07) is 8.87. The number of thiophene rings is 1. The van der Waals surface area contributed by atoms with Gasteiger partial charge in [0.05, 0.1) is 0 Å². The van der Waals surface area contributed by atoms with E-state index in [1.165, 1.54) is 10.4 Å². The SMILES string of the molecule is CNC(C)c1ccnc(N(C)CCc2cccs2)c1. The monoisotopic (exact) mass is 275 g/mol. The lowest BCUT2D eigenvalue weighted by atomic mass is 10.1. The highest BCUT2D eigenvalue weighted by Gasteiger charge is 2.07. The van der Waals surface area contributed by atoms with Gasteiger partial charge in [-0.15, -0.1) is 11.3 Å². The molecule has 0 fully saturated rings. The predicted molar refractivity (Wildman–Crippen MR) is 83.0 cm³/mol. The molecule has 2 rings (SSSR count). The number of hydrogen-bond donors (Lipinski definition) is 1. The van der Waals surface area contributed by atoms with Gasteiger partial charge in [-0.25, -0.2) is 4.98 Å². The van der Waals surface area contributed by atoms with E-state index in [2.05, 4.69) is 58.8 Å². The van der Waals surface area contributed by atoms with Gasteiger partial charge in [0.25, 0.3) is 0 Å². The average Bonchev–Trinajstić information content (AvgIpc) is 2.97. The van der Waals surface area contributed by atoms with Crippen LogP contribution in [0.3, 0.4) is 0 Å². The van der Waals surface area contributed by atoms with Crippen LogP contribution in [0, 0.1) is 0 Å². The Hall–Kier alpha value is -1.39. The molecule has 0 radical (unpaired) electrons. The number of pyridine rings is 1. The molecule has 0 amide bonds. The molecule has 1 unspecified atom stereocenters. The minimum absolute atomic E-state index is 0.354. The third-order valence-electron chi connectivity index (χ3n) is 3.37. The second kappa shape index (κ2) is 6.68. The van der Waals surface area contributed by atoms with E-state index in [1.54, 1.807) is 0 Å². The minimum Gasteiger partial charge on any atom is -0.359 e. The lowest BCUT2D eigenvalue weighted by Crippen LogP contribution is -2.22. The minimum atomic E-state index is 0.354. The van der Waals surface area contributed by atoms with E-state index in [9.17, 15) is 0 Å². The summed E-state index contributed by atoms with van der Waals surface area (Å²) >= 11 is 1.81. The van der Waals surface area contributed by atoms with E-state index in [1.807, 2.05) is 24.6 Å². The summed E-state index contributed by atoms with van der Waals surface area (Å²) < 4.78 is 0. The Labute approximate surface area is 119 Å². The Morgan fingerprint density at radius 3 is 2.95 bits per heavy atom. The maximum atomic E-state index is 4.46. The first kappa shape index (κ1) is 14.0. The molecule has 2 aromatic rings. The van der Waals surface area contributed by atoms with Gasteiger partial charge in [0.1, 0.15) is 5.82 Å². The highest BCUT2D eigenvalue weighted by atomic mass is 32.1. The molecule has 0 saturated carbocycles. The van der Waals surface area contributed by atoms with Crippen LogP contribution < -0.4 is 10.2 Å². The molecule has 4 heteroatoms. The second-order valence-corrected chi connectivity index (χ2v) is 5.74. The Morgan fingerprint density at radius 1 is 1.42 bits per heavy atom. The molecule has 0 saturated heterocycles. The van der Waals surface area contributed by atoms with Crippen molar-refractivity contribution in [3.05, 3.63) is 46.3 Å². The van der Waals surface area contributed by atoms with Crippen LogP contribution in [0.4, 0.5) is 5.82 Å². The van der Waals surface area contributed by atoms with Crippen molar-refractivity contribution in [1.29, 1.82) is 0 Å². The Bertz CT molecular complexity index is 496. The van der Waals surface area contributed by atoms with Gasteiger partial charge in [-0.2, -0.15) is 0 Å². The molecule has 102 valence electrons. The van der Waals surface area contributed by atoms with Crippen molar-refractivity contribution in [3.8, 4) is 0 Å². The molecule has 0 aliphatic rings. The van der Waals surface area contributed by atoms with E-state index in [0.717, 1.165) is 18.8 Å². The van der Waals surface area contributed by atoms with Gasteiger partial charge in [-0.1, -0.05) is 6.07 Å². The summed E-state index contributed by atoms with van der Waals surface area (Å²) in [6.45, 7) is 3.15. The van der Waals surface area contributed by atoms with Gasteiger partial charge in [0.15, 0.2) is 0 Å². The van der Waals surface area contributed by atoms with Crippen LogP contribution in [-0.4, -0.2) is 25.6 Å². The maximum Gasteiger partial charge on any atom is 0.128 e. The zero-order valence-electron chi connectivity index (χ0n) is 11.8. The fourth-order valence-corrected chi connectivity index (χ4v) is 2.62. The first-order valence-corrected chi connectivity index (χ1v) is 7.45. The molecular weight excluding hydrogens is 254 g/mol. The lowest BCUT2D eigenvalue weighted by Gasteiger charge is -2.19. The fraction of sp³-hybridized carbons (Fsp3) is 0.400. The third kappa shape index (κ3) is 3.78. The van der Waals surface area contributed by atoms with Crippen LogP contribution in [0.25, 0.3) is 0 Å². The van der Waals surface area contributed by atoms with Crippen LogP contribution in [0.1, 0.15) is 23.4 Å². The van der Waals surface area contributed by atoms with Gasteiger partial charge < -0.3 is 10.2 Å². The predicted octanol–water partition coefficient (Wildman–Crippen LogP) is 3.10. The van der Waals surface area contributed by atoms with E-state index >= 15 is 0 Å². The van der Waals surface area contributed by atoms with Crippen LogP contribution in [-0.2, 0) is 6.42 Å². The number of likely N-dealkylation sites (N-methyl/N-ethyl adjacent to an activating group) is 1. The Kier molecular flexibility index (Phi) is 4.93. The van der Waals surface area contributed by atoms with Crippen molar-refractivity contribution in [1.82, 2.24) is 10.3 Å². The molecule has 1 N–H and O–H groups in total. The van der Waals surface area contributed by atoms with Gasteiger partial charge in [-0.05, 0) is 49.5 Å². The van der Waals surface area contributed by atoms with Crippen molar-refractivity contribution in [2.45, 2.75) is 19.4 Å². The number of rotatable bonds is 6. The molecule has 0 aromatic carbocycles. The molecular formula is C15H21N3S. The zero-order valence-corrected chi connectivity index (χ0v) is 12.6. The number of aromatic nitrogens is 1. The Balaban J connectivity index is 2.00. The molecule has 19 heavy (non-hydrogen) atoms. The molecule has 0 bridgehead atoms. The standard InChI is InChI=1S/C15H21N3S/c1-12(16-2)13-6-8-17-15(11-13)18(3)9-7-14-5-4-10-19-14/h4-6,8,10-12,16H,7,9H2,1-3H3. The zero-order chi connectivity index (χ0) is 13.7. The molecule has 0 aliphatic heterocycles. The van der Waals surface area contributed by atoms with Crippen molar-refractivity contribution < 1.29 is 0 Å². The summed E-state index contributed by atoms with van der Waals surface area (Å²) in [6.07, 6.45) is 2.96. The van der Waals surface area contributed by atoms with Crippen molar-refractivity contribution in [2.75, 3.05) is 25.5 Å². The summed E-state index contributed by atoms with van der Waals surface area (Å²) in [5, 5.41) is 5.38. The van der Waals surface area contributed by atoms with Crippen LogP contribution >= 0.6 is 11.3 Å². The number of anilines is 1. The maximum absolute atomic E-state index is 4.46. The van der Waals surface area contributed by atoms with Gasteiger partial charge in [-0.3, -0.25) is 0 Å². The highest BCUT2D eigenvalue weighted by molar-refractivity contribution is 7.09. The first-order valence-electron chi connectivity index (χ1n) is 6.57. The van der Waals surface area contributed by atoms with Gasteiger partial charge >= 0.3 is 0 Å². The third-order valence-corrected chi connectivity index (χ3v) is 4.30. The average molecular weight is 275 g/mol. The Morgan fingerprint density at radius 2 is 2.26 bits per heavy atom. The topological polar surface area (TPSA) is 28.2 Å². The molecule has 1 atom stereocenters. The number of hydrogen-bond acceptors (Lipinski definition) is 4. The molecule has 0 aliphatic carbocycles. The quantitative estimate of drug-likeness (QED) is 0.878. The lowest BCUT2D eigenvalue weighted by molar-refractivity contribution is 0.651. The van der Waals surface area contributed by atoms with E-state index in [0.29, 0.717) is 6.04 Å². The van der Waals surface area contributed by atoms with Crippen LogP contribution in [0.2, 0.25) is 0 Å². The largest absolute Gasteiger partial charge is 0.359 e. The number of nitrogens with one attached hydrogen (secondary N) is 1. The second-order valence-electron chi connectivity index (χ2n) is 4.71. The van der Waals surface area contributed by atoms with E-state index in [-0.39, 0.29) is 0 Å². The van der Waals surface area contributed by atoms with Crippen molar-refractivity contribution in [3.63, 3.8) is 0 Å². The van der Waals surface area contributed by atoms with Crippen LogP contribution in [0.5, 0.6) is 0 Å². The van der Waals surface area contributed by atoms with E-state index < -0.39 is 0 Å². The fourth-order valence-electron chi connectivity index (χ4n) is 1.93. The number of nitrogens with zero attached hydrogens (tertiary/aromatic N) is 2. The molecule has 2 heterocycles. The smallest absolute Gasteiger partial charge is 0.128 e. The summed E-state index contributed by atoms with van der Waals surface area (Å²) in [5.74, 6) is 1.04. The first-order chi connectivity index (χ1) is 9.20. The molecule has 3 nitrogen and oxygen atoms in total. The van der Waals surface area contributed by atoms with Gasteiger partial charge in [0, 0.05) is 30.7 Å². The van der Waals surface area contributed by atoms with Crippen molar-refractivity contribution in [2.24, 2.45) is 0 Å². The summed E-state index contributed by atoms with van der Waals surface area (Å²) in [7, 11) is 4.08. The molecule has 0 spiro atoms. The normalized spacial score (nSPS) is 12.4. The summed E-state index contributed by atoms with van der Waals surface area (Å²) in [4.78, 5) is 8.09. The summed E-state index contributed by atoms with van der Waals surface area (Å²) in [5.41, 5.74) is 1.27. The molecule has 2 aromatic heterocycles. The van der Waals surface area contributed by atoms with Crippen LogP contribution in [0.15, 0.2) is 35.8 Å².